The summed E-state index contributed by atoms with van der Waals surface area (Å²) in [6.07, 6.45) is 6.39. The Labute approximate surface area is 165 Å². The van der Waals surface area contributed by atoms with E-state index in [1.807, 2.05) is 24.3 Å². The topological polar surface area (TPSA) is 76.6 Å². The molecule has 0 saturated carbocycles. The molecule has 3 heterocycles. The van der Waals surface area contributed by atoms with E-state index in [9.17, 15) is 4.39 Å². The van der Waals surface area contributed by atoms with Crippen molar-refractivity contribution in [1.82, 2.24) is 24.9 Å². The number of H-pyrrole nitrogens is 1. The first-order valence-corrected chi connectivity index (χ1v) is 8.91. The van der Waals surface area contributed by atoms with Gasteiger partial charge in [0.05, 0.1) is 6.33 Å². The molecule has 5 rings (SSSR count). The van der Waals surface area contributed by atoms with E-state index in [-0.39, 0.29) is 11.8 Å². The van der Waals surface area contributed by atoms with Crippen LogP contribution in [0.5, 0.6) is 11.8 Å². The number of aromatic amines is 1. The van der Waals surface area contributed by atoms with Gasteiger partial charge in [-0.25, -0.2) is 24.3 Å². The molecule has 0 spiro atoms. The number of halogens is 1. The molecule has 0 amide bonds. The summed E-state index contributed by atoms with van der Waals surface area (Å²) in [4.78, 5) is 19.5. The molecule has 6 nitrogen and oxygen atoms in total. The normalized spacial score (nSPS) is 10.9. The van der Waals surface area contributed by atoms with Gasteiger partial charge in [-0.15, -0.1) is 0 Å². The molecule has 0 fully saturated rings. The van der Waals surface area contributed by atoms with Crippen LogP contribution in [0.3, 0.4) is 0 Å². The van der Waals surface area contributed by atoms with E-state index in [4.69, 9.17) is 4.74 Å². The van der Waals surface area contributed by atoms with Gasteiger partial charge in [0.2, 0.25) is 0 Å². The Morgan fingerprint density at radius 1 is 0.793 bits per heavy atom. The van der Waals surface area contributed by atoms with Crippen molar-refractivity contribution in [3.05, 3.63) is 85.3 Å². The third-order valence-corrected chi connectivity index (χ3v) is 4.49. The molecule has 0 radical (unpaired) electrons. The number of hydrogen-bond donors (Lipinski definition) is 1. The van der Waals surface area contributed by atoms with Gasteiger partial charge in [0.25, 0.3) is 0 Å². The van der Waals surface area contributed by atoms with Gasteiger partial charge in [-0.05, 0) is 29.8 Å². The maximum absolute atomic E-state index is 15.0. The number of rotatable bonds is 4. The molecule has 0 aliphatic rings. The molecule has 140 valence electrons. The average Bonchev–Trinajstić information content (AvgIpc) is 3.23. The second-order valence-corrected chi connectivity index (χ2v) is 6.32. The fourth-order valence-electron chi connectivity index (χ4n) is 3.12. The van der Waals surface area contributed by atoms with E-state index in [1.165, 1.54) is 6.07 Å². The molecule has 0 bridgehead atoms. The second kappa shape index (κ2) is 7.12. The lowest BCUT2D eigenvalue weighted by molar-refractivity contribution is 0.443. The van der Waals surface area contributed by atoms with Crippen LogP contribution < -0.4 is 4.74 Å². The van der Waals surface area contributed by atoms with Crippen LogP contribution in [-0.4, -0.2) is 24.9 Å². The smallest absolute Gasteiger partial charge is 0.321 e. The zero-order valence-corrected chi connectivity index (χ0v) is 15.1. The van der Waals surface area contributed by atoms with E-state index in [0.717, 1.165) is 5.56 Å². The lowest BCUT2D eigenvalue weighted by Crippen LogP contribution is -1.93. The first-order valence-electron chi connectivity index (χ1n) is 8.91. The molecule has 2 aromatic carbocycles. The number of nitrogens with zero attached hydrogens (tertiary/aromatic N) is 4. The van der Waals surface area contributed by atoms with Gasteiger partial charge < -0.3 is 9.72 Å². The minimum absolute atomic E-state index is 0.232. The molecule has 1 N–H and O–H groups in total. The number of para-hydroxylation sites is 1. The number of pyridine rings is 1. The van der Waals surface area contributed by atoms with Crippen molar-refractivity contribution >= 4 is 11.2 Å². The van der Waals surface area contributed by atoms with E-state index in [1.54, 1.807) is 49.2 Å². The molecular weight excluding hydrogens is 369 g/mol. The maximum atomic E-state index is 15.0. The van der Waals surface area contributed by atoms with Crippen LogP contribution in [0, 0.1) is 5.82 Å². The summed E-state index contributed by atoms with van der Waals surface area (Å²) >= 11 is 0. The minimum atomic E-state index is -0.357. The lowest BCUT2D eigenvalue weighted by atomic mass is 10.00. The first kappa shape index (κ1) is 17.0. The average molecular weight is 383 g/mol. The molecule has 5 aromatic rings. The van der Waals surface area contributed by atoms with E-state index in [0.29, 0.717) is 33.6 Å². The van der Waals surface area contributed by atoms with Gasteiger partial charge in [-0.3, -0.25) is 0 Å². The zero-order valence-electron chi connectivity index (χ0n) is 15.1. The van der Waals surface area contributed by atoms with Crippen LogP contribution in [0.4, 0.5) is 4.39 Å². The van der Waals surface area contributed by atoms with Crippen molar-refractivity contribution in [3.63, 3.8) is 0 Å². The molecule has 0 atom stereocenters. The molecule has 0 aliphatic carbocycles. The van der Waals surface area contributed by atoms with Crippen molar-refractivity contribution < 1.29 is 9.13 Å². The van der Waals surface area contributed by atoms with E-state index < -0.39 is 0 Å². The van der Waals surface area contributed by atoms with E-state index in [2.05, 4.69) is 24.9 Å². The number of hydrogen-bond acceptors (Lipinski definition) is 5. The van der Waals surface area contributed by atoms with Gasteiger partial charge in [-0.1, -0.05) is 30.3 Å². The largest absolute Gasteiger partial charge is 0.424 e. The molecule has 7 heteroatoms. The third-order valence-electron chi connectivity index (χ3n) is 4.49. The van der Waals surface area contributed by atoms with Crippen molar-refractivity contribution in [3.8, 4) is 34.0 Å². The first-order chi connectivity index (χ1) is 14.3. The van der Waals surface area contributed by atoms with Crippen LogP contribution in [0.25, 0.3) is 33.4 Å². The van der Waals surface area contributed by atoms with Gasteiger partial charge in [-0.2, -0.15) is 0 Å². The molecule has 0 aliphatic heterocycles. The molecule has 0 saturated heterocycles. The van der Waals surface area contributed by atoms with Crippen molar-refractivity contribution in [2.45, 2.75) is 0 Å². The van der Waals surface area contributed by atoms with Crippen LogP contribution in [0.2, 0.25) is 0 Å². The number of ether oxygens (including phenoxy) is 1. The number of aromatic nitrogens is 5. The van der Waals surface area contributed by atoms with Gasteiger partial charge in [0, 0.05) is 35.3 Å². The van der Waals surface area contributed by atoms with Crippen molar-refractivity contribution in [2.24, 2.45) is 0 Å². The maximum Gasteiger partial charge on any atom is 0.321 e. The molecule has 0 unspecified atom stereocenters. The van der Waals surface area contributed by atoms with Crippen LogP contribution >= 0.6 is 0 Å². The van der Waals surface area contributed by atoms with Gasteiger partial charge in [0.15, 0.2) is 5.65 Å². The zero-order chi connectivity index (χ0) is 19.6. The molecular formula is C22H14FN5O. The number of imidazole rings is 1. The summed E-state index contributed by atoms with van der Waals surface area (Å²) in [6, 6.07) is 16.2. The number of fused-ring (bicyclic) bond motifs is 1. The monoisotopic (exact) mass is 383 g/mol. The van der Waals surface area contributed by atoms with Gasteiger partial charge >= 0.3 is 6.01 Å². The summed E-state index contributed by atoms with van der Waals surface area (Å²) in [6.45, 7) is 0. The third kappa shape index (κ3) is 3.29. The Morgan fingerprint density at radius 3 is 2.52 bits per heavy atom. The summed E-state index contributed by atoms with van der Waals surface area (Å²) in [5, 5.41) is 0. The highest BCUT2D eigenvalue weighted by Crippen LogP contribution is 2.34. The molecule has 29 heavy (non-hydrogen) atoms. The summed E-state index contributed by atoms with van der Waals surface area (Å²) in [7, 11) is 0. The standard InChI is InChI=1S/C22H14FN5O/c23-18-10-14(6-7-16(18)15-11-19-21(26-12-15)28-13-27-19)17-4-1-2-5-20(17)29-22-24-8-3-9-25-22/h1-13H,(H,26,27,28). The van der Waals surface area contributed by atoms with Crippen molar-refractivity contribution in [2.75, 3.05) is 0 Å². The highest BCUT2D eigenvalue weighted by molar-refractivity contribution is 5.79. The highest BCUT2D eigenvalue weighted by Gasteiger charge is 2.13. The van der Waals surface area contributed by atoms with Gasteiger partial charge in [0.1, 0.15) is 17.1 Å². The summed E-state index contributed by atoms with van der Waals surface area (Å²) in [5.41, 5.74) is 3.90. The predicted molar refractivity (Wildman–Crippen MR) is 107 cm³/mol. The second-order valence-electron chi connectivity index (χ2n) is 6.32. The fourth-order valence-corrected chi connectivity index (χ4v) is 3.12. The number of benzene rings is 2. The Kier molecular flexibility index (Phi) is 4.18. The number of nitrogens with one attached hydrogen (secondary N) is 1. The predicted octanol–water partition coefficient (Wildman–Crippen LogP) is 5.01. The Bertz CT molecular complexity index is 1300. The van der Waals surface area contributed by atoms with Crippen LogP contribution in [0.1, 0.15) is 0 Å². The fraction of sp³-hybridized carbons (Fsp3) is 0. The Morgan fingerprint density at radius 2 is 1.66 bits per heavy atom. The van der Waals surface area contributed by atoms with Crippen molar-refractivity contribution in [1.29, 1.82) is 0 Å². The summed E-state index contributed by atoms with van der Waals surface area (Å²) < 4.78 is 20.8. The molecule has 3 aromatic heterocycles. The highest BCUT2D eigenvalue weighted by atomic mass is 19.1. The van der Waals surface area contributed by atoms with Crippen LogP contribution in [-0.2, 0) is 0 Å². The Balaban J connectivity index is 1.52. The minimum Gasteiger partial charge on any atom is -0.424 e. The van der Waals surface area contributed by atoms with Crippen LogP contribution in [0.15, 0.2) is 79.5 Å². The van der Waals surface area contributed by atoms with E-state index >= 15 is 0 Å². The lowest BCUT2D eigenvalue weighted by Gasteiger charge is -2.11. The Hall–Kier alpha value is -4.13. The SMILES string of the molecule is Fc1cc(-c2ccccc2Oc2ncccn2)ccc1-c1cnc2[nH]cnc2c1. The quantitative estimate of drug-likeness (QED) is 0.472. The summed E-state index contributed by atoms with van der Waals surface area (Å²) in [5.74, 6) is 0.190.